The maximum atomic E-state index is 13.0. The maximum Gasteiger partial charge on any atom is 0.416 e. The molecule has 2 aromatic rings. The lowest BCUT2D eigenvalue weighted by atomic mass is 10.1. The molecule has 1 fully saturated rings. The number of imidazole rings is 1. The first-order valence-electron chi connectivity index (χ1n) is 7.64. The Morgan fingerprint density at radius 3 is 2.83 bits per heavy atom. The fourth-order valence-corrected chi connectivity index (χ4v) is 3.16. The van der Waals surface area contributed by atoms with E-state index in [1.807, 2.05) is 17.8 Å². The van der Waals surface area contributed by atoms with Crippen LogP contribution in [-0.2, 0) is 19.8 Å². The van der Waals surface area contributed by atoms with Crippen LogP contribution in [0.5, 0.6) is 0 Å². The second kappa shape index (κ2) is 6.74. The number of hydrogen-bond acceptors (Lipinski definition) is 3. The molecule has 0 bridgehead atoms. The first-order chi connectivity index (χ1) is 11.4. The van der Waals surface area contributed by atoms with Crippen LogP contribution >= 0.6 is 11.6 Å². The van der Waals surface area contributed by atoms with Crippen LogP contribution in [0.4, 0.5) is 13.2 Å². The van der Waals surface area contributed by atoms with Gasteiger partial charge in [-0.2, -0.15) is 13.2 Å². The summed E-state index contributed by atoms with van der Waals surface area (Å²) in [5.74, 6) is 0.880. The number of piperazine rings is 1. The Kier molecular flexibility index (Phi) is 4.85. The predicted octanol–water partition coefficient (Wildman–Crippen LogP) is 3.24. The van der Waals surface area contributed by atoms with Crippen LogP contribution in [0, 0.1) is 0 Å². The smallest absolute Gasteiger partial charge is 0.337 e. The summed E-state index contributed by atoms with van der Waals surface area (Å²) in [6.45, 7) is 2.53. The predicted molar refractivity (Wildman–Crippen MR) is 85.7 cm³/mol. The molecule has 1 aromatic heterocycles. The van der Waals surface area contributed by atoms with Crippen molar-refractivity contribution in [3.8, 4) is 0 Å². The van der Waals surface area contributed by atoms with Gasteiger partial charge in [0, 0.05) is 50.6 Å². The highest BCUT2D eigenvalue weighted by Crippen LogP contribution is 2.33. The van der Waals surface area contributed by atoms with E-state index in [0.717, 1.165) is 24.5 Å². The third-order valence-electron chi connectivity index (χ3n) is 4.26. The molecule has 130 valence electrons. The molecule has 1 aromatic carbocycles. The van der Waals surface area contributed by atoms with Gasteiger partial charge in [0.2, 0.25) is 0 Å². The minimum absolute atomic E-state index is 0.00985. The third-order valence-corrected chi connectivity index (χ3v) is 4.63. The molecule has 0 amide bonds. The zero-order chi connectivity index (χ0) is 17.3. The molecule has 1 aliphatic rings. The average Bonchev–Trinajstić information content (AvgIpc) is 2.95. The Hall–Kier alpha value is -1.57. The summed E-state index contributed by atoms with van der Waals surface area (Å²) in [5, 5.41) is 3.66. The zero-order valence-electron chi connectivity index (χ0n) is 13.1. The van der Waals surface area contributed by atoms with Crippen LogP contribution in [0.15, 0.2) is 30.6 Å². The number of nitrogens with one attached hydrogen (secondary N) is 1. The van der Waals surface area contributed by atoms with Gasteiger partial charge in [0.1, 0.15) is 5.82 Å². The molecule has 0 radical (unpaired) electrons. The normalized spacial score (nSPS) is 19.6. The minimum Gasteiger partial charge on any atom is -0.337 e. The summed E-state index contributed by atoms with van der Waals surface area (Å²) in [5.41, 5.74) is -0.196. The van der Waals surface area contributed by atoms with Crippen molar-refractivity contribution >= 4 is 11.6 Å². The van der Waals surface area contributed by atoms with Gasteiger partial charge < -0.3 is 9.88 Å². The van der Waals surface area contributed by atoms with E-state index in [1.54, 1.807) is 6.20 Å². The van der Waals surface area contributed by atoms with Crippen LogP contribution in [-0.4, -0.2) is 34.1 Å². The van der Waals surface area contributed by atoms with Crippen molar-refractivity contribution in [3.63, 3.8) is 0 Å². The van der Waals surface area contributed by atoms with Gasteiger partial charge in [0.15, 0.2) is 0 Å². The number of aromatic nitrogens is 2. The van der Waals surface area contributed by atoms with Gasteiger partial charge in [-0.25, -0.2) is 4.98 Å². The Morgan fingerprint density at radius 1 is 1.38 bits per heavy atom. The van der Waals surface area contributed by atoms with E-state index in [4.69, 9.17) is 11.6 Å². The minimum atomic E-state index is -4.37. The first-order valence-corrected chi connectivity index (χ1v) is 8.01. The van der Waals surface area contributed by atoms with Crippen molar-refractivity contribution in [3.05, 3.63) is 52.6 Å². The quantitative estimate of drug-likeness (QED) is 0.914. The number of halogens is 4. The highest BCUT2D eigenvalue weighted by molar-refractivity contribution is 6.31. The number of rotatable bonds is 3. The maximum absolute atomic E-state index is 13.0. The lowest BCUT2D eigenvalue weighted by molar-refractivity contribution is -0.137. The molecule has 3 rings (SSSR count). The highest BCUT2D eigenvalue weighted by atomic mass is 35.5. The van der Waals surface area contributed by atoms with E-state index < -0.39 is 11.7 Å². The average molecular weight is 359 g/mol. The standard InChI is InChI=1S/C16H18ClF3N4/c1-23-6-5-22-15(23)14-9-21-4-7-24(14)10-11-8-12(16(18,19)20)2-3-13(11)17/h2-3,5-6,8,14,21H,4,7,9-10H2,1H3. The highest BCUT2D eigenvalue weighted by Gasteiger charge is 2.32. The van der Waals surface area contributed by atoms with Gasteiger partial charge >= 0.3 is 6.18 Å². The molecule has 4 nitrogen and oxygen atoms in total. The van der Waals surface area contributed by atoms with Crippen molar-refractivity contribution in [2.24, 2.45) is 7.05 Å². The van der Waals surface area contributed by atoms with Crippen LogP contribution in [0.2, 0.25) is 5.02 Å². The second-order valence-electron chi connectivity index (χ2n) is 5.89. The van der Waals surface area contributed by atoms with E-state index in [2.05, 4.69) is 15.2 Å². The molecule has 1 unspecified atom stereocenters. The van der Waals surface area contributed by atoms with Gasteiger partial charge in [-0.1, -0.05) is 11.6 Å². The molecule has 1 atom stereocenters. The van der Waals surface area contributed by atoms with Crippen molar-refractivity contribution in [2.75, 3.05) is 19.6 Å². The summed E-state index contributed by atoms with van der Waals surface area (Å²) in [6, 6.07) is 3.46. The zero-order valence-corrected chi connectivity index (χ0v) is 13.9. The summed E-state index contributed by atoms with van der Waals surface area (Å²) >= 11 is 6.14. The molecule has 24 heavy (non-hydrogen) atoms. The van der Waals surface area contributed by atoms with Crippen LogP contribution in [0.1, 0.15) is 23.0 Å². The van der Waals surface area contributed by atoms with Crippen LogP contribution in [0.25, 0.3) is 0 Å². The number of hydrogen-bond donors (Lipinski definition) is 1. The number of alkyl halides is 3. The Labute approximate surface area is 143 Å². The van der Waals surface area contributed by atoms with Gasteiger partial charge in [-0.3, -0.25) is 4.90 Å². The fraction of sp³-hybridized carbons (Fsp3) is 0.438. The molecule has 1 aliphatic heterocycles. The summed E-state index contributed by atoms with van der Waals surface area (Å²) in [6.07, 6.45) is -0.791. The topological polar surface area (TPSA) is 33.1 Å². The summed E-state index contributed by atoms with van der Waals surface area (Å²) < 4.78 is 40.8. The van der Waals surface area contributed by atoms with Crippen molar-refractivity contribution in [1.29, 1.82) is 0 Å². The van der Waals surface area contributed by atoms with Crippen LogP contribution in [0.3, 0.4) is 0 Å². The monoisotopic (exact) mass is 358 g/mol. The van der Waals surface area contributed by atoms with Gasteiger partial charge in [-0.15, -0.1) is 0 Å². The van der Waals surface area contributed by atoms with Gasteiger partial charge in [-0.05, 0) is 23.8 Å². The molecule has 1 N–H and O–H groups in total. The summed E-state index contributed by atoms with van der Waals surface area (Å²) in [7, 11) is 1.91. The van der Waals surface area contributed by atoms with E-state index in [9.17, 15) is 13.2 Å². The lowest BCUT2D eigenvalue weighted by Gasteiger charge is -2.36. The fourth-order valence-electron chi connectivity index (χ4n) is 2.98. The molecule has 0 spiro atoms. The molecule has 8 heteroatoms. The Bertz CT molecular complexity index is 714. The number of nitrogens with zero attached hydrogens (tertiary/aromatic N) is 3. The van der Waals surface area contributed by atoms with Gasteiger partial charge in [0.25, 0.3) is 0 Å². The molecule has 2 heterocycles. The molecular weight excluding hydrogens is 341 g/mol. The molecule has 0 aliphatic carbocycles. The second-order valence-corrected chi connectivity index (χ2v) is 6.30. The van der Waals surface area contributed by atoms with E-state index in [0.29, 0.717) is 30.2 Å². The van der Waals surface area contributed by atoms with E-state index in [1.165, 1.54) is 6.07 Å². The van der Waals surface area contributed by atoms with Gasteiger partial charge in [0.05, 0.1) is 11.6 Å². The van der Waals surface area contributed by atoms with E-state index >= 15 is 0 Å². The van der Waals surface area contributed by atoms with Crippen molar-refractivity contribution in [1.82, 2.24) is 19.8 Å². The van der Waals surface area contributed by atoms with E-state index in [-0.39, 0.29) is 6.04 Å². The Morgan fingerprint density at radius 2 is 2.17 bits per heavy atom. The number of benzene rings is 1. The third kappa shape index (κ3) is 3.58. The molecule has 1 saturated heterocycles. The largest absolute Gasteiger partial charge is 0.416 e. The van der Waals surface area contributed by atoms with Crippen molar-refractivity contribution in [2.45, 2.75) is 18.8 Å². The summed E-state index contributed by atoms with van der Waals surface area (Å²) in [4.78, 5) is 6.49. The Balaban J connectivity index is 1.87. The first kappa shape index (κ1) is 17.3. The lowest BCUT2D eigenvalue weighted by Crippen LogP contribution is -2.46. The molecule has 0 saturated carbocycles. The van der Waals surface area contributed by atoms with Crippen molar-refractivity contribution < 1.29 is 13.2 Å². The molecular formula is C16H18ClF3N4. The SMILES string of the molecule is Cn1ccnc1C1CNCCN1Cc1cc(C(F)(F)F)ccc1Cl. The number of aryl methyl sites for hydroxylation is 1. The van der Waals surface area contributed by atoms with Crippen LogP contribution < -0.4 is 5.32 Å².